The van der Waals surface area contributed by atoms with Gasteiger partial charge in [-0.2, -0.15) is 5.26 Å². The topological polar surface area (TPSA) is 76.9 Å². The fourth-order valence-electron chi connectivity index (χ4n) is 2.12. The predicted molar refractivity (Wildman–Crippen MR) is 67.4 cm³/mol. The van der Waals surface area contributed by atoms with Gasteiger partial charge in [0.05, 0.1) is 17.2 Å². The first-order valence-corrected chi connectivity index (χ1v) is 5.47. The Kier molecular flexibility index (Phi) is 2.90. The molecule has 0 aliphatic heterocycles. The van der Waals surface area contributed by atoms with E-state index in [0.29, 0.717) is 16.8 Å². The van der Waals surface area contributed by atoms with Gasteiger partial charge < -0.3 is 10.1 Å². The average Bonchev–Trinajstić information content (AvgIpc) is 2.64. The van der Waals surface area contributed by atoms with Gasteiger partial charge in [0.1, 0.15) is 0 Å². The highest BCUT2D eigenvalue weighted by Crippen LogP contribution is 2.30. The van der Waals surface area contributed by atoms with Crippen molar-refractivity contribution in [3.63, 3.8) is 0 Å². The Hall–Kier alpha value is -2.54. The first-order chi connectivity index (χ1) is 8.54. The number of hydrogen-bond donors (Lipinski definition) is 2. The number of aryl methyl sites for hydroxylation is 2. The smallest absolute Gasteiger partial charge is 0.338 e. The van der Waals surface area contributed by atoms with Crippen molar-refractivity contribution in [2.24, 2.45) is 0 Å². The highest BCUT2D eigenvalue weighted by atomic mass is 16.4. The van der Waals surface area contributed by atoms with Crippen molar-refractivity contribution in [3.8, 4) is 17.2 Å². The molecule has 1 aromatic heterocycles. The van der Waals surface area contributed by atoms with E-state index in [0.717, 1.165) is 11.3 Å². The Morgan fingerprint density at radius 2 is 1.83 bits per heavy atom. The molecule has 0 fully saturated rings. The SMILES string of the molecule is Cc1[nH]c(C)c(-c2ccc(C#N)cc2)c1C(=O)O. The number of carbonyl (C=O) groups is 1. The molecule has 0 spiro atoms. The van der Waals surface area contributed by atoms with Crippen molar-refractivity contribution >= 4 is 5.97 Å². The quantitative estimate of drug-likeness (QED) is 0.847. The number of hydrogen-bond acceptors (Lipinski definition) is 2. The van der Waals surface area contributed by atoms with Crippen LogP contribution in [0.1, 0.15) is 27.3 Å². The van der Waals surface area contributed by atoms with Gasteiger partial charge in [0.2, 0.25) is 0 Å². The minimum Gasteiger partial charge on any atom is -0.478 e. The number of carboxylic acid groups (broad SMARTS) is 1. The summed E-state index contributed by atoms with van der Waals surface area (Å²) >= 11 is 0. The van der Waals surface area contributed by atoms with E-state index in [1.807, 2.05) is 13.0 Å². The number of nitriles is 1. The molecule has 0 saturated carbocycles. The number of H-pyrrole nitrogens is 1. The Morgan fingerprint density at radius 3 is 2.33 bits per heavy atom. The van der Waals surface area contributed by atoms with Crippen molar-refractivity contribution in [1.82, 2.24) is 4.98 Å². The van der Waals surface area contributed by atoms with E-state index >= 15 is 0 Å². The van der Waals surface area contributed by atoms with Crippen LogP contribution in [0.3, 0.4) is 0 Å². The van der Waals surface area contributed by atoms with Crippen LogP contribution in [0.15, 0.2) is 24.3 Å². The van der Waals surface area contributed by atoms with Gasteiger partial charge in [0, 0.05) is 17.0 Å². The van der Waals surface area contributed by atoms with E-state index in [4.69, 9.17) is 5.26 Å². The number of aromatic carboxylic acids is 1. The van der Waals surface area contributed by atoms with Crippen LogP contribution in [0.2, 0.25) is 0 Å². The summed E-state index contributed by atoms with van der Waals surface area (Å²) in [6.45, 7) is 3.58. The van der Waals surface area contributed by atoms with Crippen LogP contribution in [-0.2, 0) is 0 Å². The monoisotopic (exact) mass is 240 g/mol. The standard InChI is InChI=1S/C14H12N2O2/c1-8-12(13(14(17)18)9(2)16-8)11-5-3-10(7-15)4-6-11/h3-6,16H,1-2H3,(H,17,18). The summed E-state index contributed by atoms with van der Waals surface area (Å²) in [7, 11) is 0. The van der Waals surface area contributed by atoms with Crippen molar-refractivity contribution < 1.29 is 9.90 Å². The number of aromatic amines is 1. The second-order valence-corrected chi connectivity index (χ2v) is 4.12. The third-order valence-electron chi connectivity index (χ3n) is 2.89. The van der Waals surface area contributed by atoms with Crippen LogP contribution in [0, 0.1) is 25.2 Å². The molecule has 0 radical (unpaired) electrons. The second-order valence-electron chi connectivity index (χ2n) is 4.12. The van der Waals surface area contributed by atoms with Crippen LogP contribution in [-0.4, -0.2) is 16.1 Å². The molecule has 4 heteroatoms. The lowest BCUT2D eigenvalue weighted by atomic mass is 9.99. The van der Waals surface area contributed by atoms with Gasteiger partial charge in [-0.15, -0.1) is 0 Å². The summed E-state index contributed by atoms with van der Waals surface area (Å²) in [5.41, 5.74) is 3.78. The maximum absolute atomic E-state index is 11.3. The summed E-state index contributed by atoms with van der Waals surface area (Å²) in [5.74, 6) is -0.948. The number of rotatable bonds is 2. The lowest BCUT2D eigenvalue weighted by Crippen LogP contribution is -1.99. The first-order valence-electron chi connectivity index (χ1n) is 5.47. The van der Waals surface area contributed by atoms with Gasteiger partial charge in [0.25, 0.3) is 0 Å². The molecule has 2 aromatic rings. The van der Waals surface area contributed by atoms with Crippen molar-refractivity contribution in [2.75, 3.05) is 0 Å². The minimum atomic E-state index is -0.948. The fraction of sp³-hybridized carbons (Fsp3) is 0.143. The molecule has 2 N–H and O–H groups in total. The fourth-order valence-corrected chi connectivity index (χ4v) is 2.12. The summed E-state index contributed by atoms with van der Waals surface area (Å²) in [6.07, 6.45) is 0. The van der Waals surface area contributed by atoms with Crippen LogP contribution in [0.5, 0.6) is 0 Å². The van der Waals surface area contributed by atoms with Crippen LogP contribution in [0.4, 0.5) is 0 Å². The minimum absolute atomic E-state index is 0.289. The average molecular weight is 240 g/mol. The van der Waals surface area contributed by atoms with E-state index in [-0.39, 0.29) is 5.56 Å². The first kappa shape index (κ1) is 11.9. The Bertz CT molecular complexity index is 646. The molecule has 18 heavy (non-hydrogen) atoms. The maximum Gasteiger partial charge on any atom is 0.338 e. The molecule has 1 aromatic carbocycles. The maximum atomic E-state index is 11.3. The van der Waals surface area contributed by atoms with Gasteiger partial charge in [-0.25, -0.2) is 4.79 Å². The molecule has 90 valence electrons. The van der Waals surface area contributed by atoms with Gasteiger partial charge in [-0.1, -0.05) is 12.1 Å². The lowest BCUT2D eigenvalue weighted by Gasteiger charge is -2.03. The van der Waals surface area contributed by atoms with Gasteiger partial charge in [0.15, 0.2) is 0 Å². The Labute approximate surface area is 105 Å². The Morgan fingerprint density at radius 1 is 1.22 bits per heavy atom. The van der Waals surface area contributed by atoms with E-state index < -0.39 is 5.97 Å². The van der Waals surface area contributed by atoms with Crippen LogP contribution in [0.25, 0.3) is 11.1 Å². The molecule has 4 nitrogen and oxygen atoms in total. The van der Waals surface area contributed by atoms with Crippen molar-refractivity contribution in [2.45, 2.75) is 13.8 Å². The second kappa shape index (κ2) is 4.38. The molecule has 0 atom stereocenters. The van der Waals surface area contributed by atoms with Crippen LogP contribution >= 0.6 is 0 Å². The van der Waals surface area contributed by atoms with E-state index in [1.54, 1.807) is 31.2 Å². The molecule has 2 rings (SSSR count). The largest absolute Gasteiger partial charge is 0.478 e. The molecule has 0 saturated heterocycles. The van der Waals surface area contributed by atoms with Crippen molar-refractivity contribution in [1.29, 1.82) is 5.26 Å². The summed E-state index contributed by atoms with van der Waals surface area (Å²) < 4.78 is 0. The molecule has 0 aliphatic carbocycles. The molecular formula is C14H12N2O2. The van der Waals surface area contributed by atoms with Gasteiger partial charge in [-0.3, -0.25) is 0 Å². The Balaban J connectivity index is 2.63. The number of nitrogens with zero attached hydrogens (tertiary/aromatic N) is 1. The van der Waals surface area contributed by atoms with Crippen LogP contribution < -0.4 is 0 Å². The van der Waals surface area contributed by atoms with Crippen molar-refractivity contribution in [3.05, 3.63) is 46.8 Å². The zero-order valence-corrected chi connectivity index (χ0v) is 10.1. The zero-order valence-electron chi connectivity index (χ0n) is 10.1. The number of nitrogens with one attached hydrogen (secondary N) is 1. The number of carboxylic acids is 1. The summed E-state index contributed by atoms with van der Waals surface area (Å²) in [4.78, 5) is 14.3. The molecule has 0 unspecified atom stereocenters. The summed E-state index contributed by atoms with van der Waals surface area (Å²) in [6, 6.07) is 8.93. The molecule has 1 heterocycles. The molecule has 0 aliphatic rings. The third kappa shape index (κ3) is 1.87. The molecule has 0 bridgehead atoms. The number of benzene rings is 1. The molecule has 0 amide bonds. The normalized spacial score (nSPS) is 10.1. The highest BCUT2D eigenvalue weighted by molar-refractivity contribution is 5.98. The lowest BCUT2D eigenvalue weighted by molar-refractivity contribution is 0.0697. The highest BCUT2D eigenvalue weighted by Gasteiger charge is 2.19. The van der Waals surface area contributed by atoms with E-state index in [9.17, 15) is 9.90 Å². The number of aromatic nitrogens is 1. The third-order valence-corrected chi connectivity index (χ3v) is 2.89. The predicted octanol–water partition coefficient (Wildman–Crippen LogP) is 2.87. The summed E-state index contributed by atoms with van der Waals surface area (Å²) in [5, 5.41) is 18.0. The van der Waals surface area contributed by atoms with Gasteiger partial charge >= 0.3 is 5.97 Å². The van der Waals surface area contributed by atoms with Gasteiger partial charge in [-0.05, 0) is 31.5 Å². The van der Waals surface area contributed by atoms with E-state index in [1.165, 1.54) is 0 Å². The van der Waals surface area contributed by atoms with E-state index in [2.05, 4.69) is 4.98 Å². The molecular weight excluding hydrogens is 228 g/mol. The zero-order chi connectivity index (χ0) is 13.3.